The Balaban J connectivity index is 1.62. The maximum Gasteiger partial charge on any atom is 0.0835 e. The lowest BCUT2D eigenvalue weighted by atomic mass is 10.2. The molecular weight excluding hydrogens is 220 g/mol. The summed E-state index contributed by atoms with van der Waals surface area (Å²) in [5.41, 5.74) is 0. The van der Waals surface area contributed by atoms with Crippen LogP contribution in [0.2, 0.25) is 0 Å². The summed E-state index contributed by atoms with van der Waals surface area (Å²) < 4.78 is 16.4. The van der Waals surface area contributed by atoms with E-state index < -0.39 is 0 Å². The Labute approximate surface area is 94.5 Å². The summed E-state index contributed by atoms with van der Waals surface area (Å²) in [5, 5.41) is 9.25. The minimum absolute atomic E-state index is 0.0371. The molecule has 4 nitrogen and oxygen atoms in total. The highest BCUT2D eigenvalue weighted by atomic mass is 35.5. The molecule has 0 bridgehead atoms. The van der Waals surface area contributed by atoms with Gasteiger partial charge < -0.3 is 19.3 Å². The number of ether oxygens (including phenoxy) is 3. The lowest BCUT2D eigenvalue weighted by Gasteiger charge is -2.13. The van der Waals surface area contributed by atoms with Crippen molar-refractivity contribution >= 4 is 11.6 Å². The summed E-state index contributed by atoms with van der Waals surface area (Å²) >= 11 is 5.68. The first kappa shape index (κ1) is 11.6. The molecular formula is C10H17ClO4. The second kappa shape index (κ2) is 5.46. The molecule has 0 amide bonds. The van der Waals surface area contributed by atoms with Crippen LogP contribution in [0.3, 0.4) is 0 Å². The summed E-state index contributed by atoms with van der Waals surface area (Å²) in [7, 11) is 0. The molecule has 2 aliphatic rings. The fourth-order valence-electron chi connectivity index (χ4n) is 1.94. The quantitative estimate of drug-likeness (QED) is 0.725. The van der Waals surface area contributed by atoms with Crippen LogP contribution in [-0.4, -0.2) is 55.2 Å². The molecule has 1 N–H and O–H groups in total. The van der Waals surface area contributed by atoms with E-state index in [2.05, 4.69) is 0 Å². The van der Waals surface area contributed by atoms with Crippen LogP contribution in [0.25, 0.3) is 0 Å². The third-order valence-corrected chi connectivity index (χ3v) is 3.14. The van der Waals surface area contributed by atoms with E-state index in [9.17, 15) is 5.11 Å². The second-order valence-electron chi connectivity index (χ2n) is 4.15. The normalized spacial score (nSPS) is 41.2. The number of aliphatic hydroxyl groups excluding tert-OH is 1. The smallest absolute Gasteiger partial charge is 0.0835 e. The van der Waals surface area contributed by atoms with Crippen molar-refractivity contribution in [1.29, 1.82) is 0 Å². The molecule has 5 heteroatoms. The van der Waals surface area contributed by atoms with Gasteiger partial charge in [0.2, 0.25) is 0 Å². The molecule has 0 saturated carbocycles. The fourth-order valence-corrected chi connectivity index (χ4v) is 2.16. The average molecular weight is 237 g/mol. The Morgan fingerprint density at radius 2 is 2.00 bits per heavy atom. The van der Waals surface area contributed by atoms with Gasteiger partial charge in [-0.2, -0.15) is 0 Å². The monoisotopic (exact) mass is 236 g/mol. The molecule has 2 rings (SSSR count). The molecule has 15 heavy (non-hydrogen) atoms. The van der Waals surface area contributed by atoms with Gasteiger partial charge in [0.15, 0.2) is 0 Å². The number of halogens is 1. The van der Waals surface area contributed by atoms with Crippen LogP contribution < -0.4 is 0 Å². The van der Waals surface area contributed by atoms with E-state index in [1.54, 1.807) is 0 Å². The minimum Gasteiger partial charge on any atom is -0.391 e. The van der Waals surface area contributed by atoms with E-state index in [-0.39, 0.29) is 24.4 Å². The van der Waals surface area contributed by atoms with Crippen LogP contribution in [-0.2, 0) is 14.2 Å². The van der Waals surface area contributed by atoms with Gasteiger partial charge in [0.05, 0.1) is 44.2 Å². The van der Waals surface area contributed by atoms with Crippen LogP contribution in [0, 0.1) is 0 Å². The molecule has 0 aliphatic carbocycles. The zero-order valence-corrected chi connectivity index (χ0v) is 9.36. The van der Waals surface area contributed by atoms with Crippen molar-refractivity contribution in [3.8, 4) is 0 Å². The molecule has 2 saturated heterocycles. The molecule has 2 fully saturated rings. The average Bonchev–Trinajstić information content (AvgIpc) is 2.83. The Bertz CT molecular complexity index is 202. The van der Waals surface area contributed by atoms with E-state index in [0.29, 0.717) is 32.1 Å². The maximum atomic E-state index is 9.25. The van der Waals surface area contributed by atoms with Gasteiger partial charge in [-0.3, -0.25) is 0 Å². The lowest BCUT2D eigenvalue weighted by molar-refractivity contribution is -0.0235. The van der Waals surface area contributed by atoms with Gasteiger partial charge in [-0.05, 0) is 0 Å². The zero-order chi connectivity index (χ0) is 10.7. The number of alkyl halides is 1. The van der Waals surface area contributed by atoms with Crippen molar-refractivity contribution < 1.29 is 19.3 Å². The molecule has 0 radical (unpaired) electrons. The van der Waals surface area contributed by atoms with Gasteiger partial charge in [-0.25, -0.2) is 0 Å². The minimum atomic E-state index is -0.325. The molecule has 2 aliphatic heterocycles. The predicted octanol–water partition coefficient (Wildman–Crippen LogP) is 0.549. The molecule has 0 aromatic rings. The van der Waals surface area contributed by atoms with Crippen LogP contribution in [0.1, 0.15) is 12.8 Å². The highest BCUT2D eigenvalue weighted by Gasteiger charge is 2.28. The summed E-state index contributed by atoms with van der Waals surface area (Å²) in [6.45, 7) is 1.59. The van der Waals surface area contributed by atoms with Gasteiger partial charge in [0.25, 0.3) is 0 Å². The van der Waals surface area contributed by atoms with Crippen molar-refractivity contribution in [3.63, 3.8) is 0 Å². The standard InChI is InChI=1S/C10H17ClO4/c11-3-8-2-10(6-14-8)15-5-9-1-7(12)4-13-9/h7-10,12H,1-6H2. The van der Waals surface area contributed by atoms with Crippen LogP contribution in [0.5, 0.6) is 0 Å². The first-order valence-corrected chi connectivity index (χ1v) is 5.90. The number of hydrogen-bond acceptors (Lipinski definition) is 4. The molecule has 0 aromatic carbocycles. The van der Waals surface area contributed by atoms with E-state index in [1.165, 1.54) is 0 Å². The van der Waals surface area contributed by atoms with Crippen molar-refractivity contribution in [2.24, 2.45) is 0 Å². The topological polar surface area (TPSA) is 47.9 Å². The summed E-state index contributed by atoms with van der Waals surface area (Å²) in [6, 6.07) is 0. The number of aliphatic hydroxyl groups is 1. The highest BCUT2D eigenvalue weighted by molar-refractivity contribution is 6.18. The number of hydrogen-bond donors (Lipinski definition) is 1. The molecule has 0 aromatic heterocycles. The second-order valence-corrected chi connectivity index (χ2v) is 4.45. The molecule has 0 spiro atoms. The summed E-state index contributed by atoms with van der Waals surface area (Å²) in [4.78, 5) is 0. The zero-order valence-electron chi connectivity index (χ0n) is 8.60. The van der Waals surface area contributed by atoms with Gasteiger partial charge in [-0.15, -0.1) is 11.6 Å². The van der Waals surface area contributed by atoms with E-state index in [1.807, 2.05) is 0 Å². The summed E-state index contributed by atoms with van der Waals surface area (Å²) in [5.74, 6) is 0.526. The van der Waals surface area contributed by atoms with E-state index in [4.69, 9.17) is 25.8 Å². The highest BCUT2D eigenvalue weighted by Crippen LogP contribution is 2.19. The Kier molecular flexibility index (Phi) is 4.22. The summed E-state index contributed by atoms with van der Waals surface area (Å²) in [6.07, 6.45) is 1.51. The predicted molar refractivity (Wildman–Crippen MR) is 55.2 cm³/mol. The van der Waals surface area contributed by atoms with E-state index >= 15 is 0 Å². The maximum absolute atomic E-state index is 9.25. The van der Waals surface area contributed by atoms with Crippen LogP contribution >= 0.6 is 11.6 Å². The van der Waals surface area contributed by atoms with Crippen molar-refractivity contribution in [3.05, 3.63) is 0 Å². The van der Waals surface area contributed by atoms with Crippen molar-refractivity contribution in [2.75, 3.05) is 25.7 Å². The molecule has 4 unspecified atom stereocenters. The first-order chi connectivity index (χ1) is 7.28. The molecule has 4 atom stereocenters. The Morgan fingerprint density at radius 3 is 2.60 bits per heavy atom. The lowest BCUT2D eigenvalue weighted by Crippen LogP contribution is -2.22. The Hall–Kier alpha value is 0.130. The third kappa shape index (κ3) is 3.29. The van der Waals surface area contributed by atoms with Gasteiger partial charge in [-0.1, -0.05) is 0 Å². The first-order valence-electron chi connectivity index (χ1n) is 5.36. The van der Waals surface area contributed by atoms with Crippen molar-refractivity contribution in [1.82, 2.24) is 0 Å². The van der Waals surface area contributed by atoms with Gasteiger partial charge in [0, 0.05) is 18.7 Å². The van der Waals surface area contributed by atoms with E-state index in [0.717, 1.165) is 6.42 Å². The van der Waals surface area contributed by atoms with Crippen molar-refractivity contribution in [2.45, 2.75) is 37.3 Å². The molecule has 88 valence electrons. The van der Waals surface area contributed by atoms with Gasteiger partial charge in [0.1, 0.15) is 0 Å². The fraction of sp³-hybridized carbons (Fsp3) is 1.00. The van der Waals surface area contributed by atoms with Crippen LogP contribution in [0.4, 0.5) is 0 Å². The SMILES string of the molecule is OC1COC(COC2COC(CCl)C2)C1. The van der Waals surface area contributed by atoms with Crippen LogP contribution in [0.15, 0.2) is 0 Å². The Morgan fingerprint density at radius 1 is 1.20 bits per heavy atom. The molecule has 2 heterocycles. The number of rotatable bonds is 4. The third-order valence-electron chi connectivity index (χ3n) is 2.79. The van der Waals surface area contributed by atoms with Gasteiger partial charge >= 0.3 is 0 Å². The largest absolute Gasteiger partial charge is 0.391 e.